The third-order valence-corrected chi connectivity index (χ3v) is 3.23. The lowest BCUT2D eigenvalue weighted by Crippen LogP contribution is -2.36. The van der Waals surface area contributed by atoms with Crippen LogP contribution in [0.5, 0.6) is 0 Å². The number of aliphatic carboxylic acids is 1. The molecule has 116 valence electrons. The quantitative estimate of drug-likeness (QED) is 0.881. The van der Waals surface area contributed by atoms with Crippen LogP contribution in [-0.2, 0) is 9.53 Å². The predicted molar refractivity (Wildman–Crippen MR) is 81.1 cm³/mol. The van der Waals surface area contributed by atoms with Crippen LogP contribution in [-0.4, -0.2) is 29.3 Å². The fourth-order valence-electron chi connectivity index (χ4n) is 1.58. The summed E-state index contributed by atoms with van der Waals surface area (Å²) in [6.07, 6.45) is -0.672. The summed E-state index contributed by atoms with van der Waals surface area (Å²) < 4.78 is 5.06. The number of carboxylic acid groups (broad SMARTS) is 1. The van der Waals surface area contributed by atoms with Crippen LogP contribution in [0.15, 0.2) is 18.2 Å². The minimum atomic E-state index is -1.08. The van der Waals surface area contributed by atoms with Gasteiger partial charge in [0.25, 0.3) is 0 Å². The van der Waals surface area contributed by atoms with Gasteiger partial charge in [-0.25, -0.2) is 4.79 Å². The minimum absolute atomic E-state index is 0.109. The van der Waals surface area contributed by atoms with Gasteiger partial charge in [0.05, 0.1) is 16.0 Å². The molecule has 1 aromatic carbocycles. The van der Waals surface area contributed by atoms with E-state index < -0.39 is 23.6 Å². The van der Waals surface area contributed by atoms with Crippen LogP contribution in [0.4, 0.5) is 4.79 Å². The highest BCUT2D eigenvalue weighted by molar-refractivity contribution is 6.42. The van der Waals surface area contributed by atoms with E-state index in [1.165, 1.54) is 12.1 Å². The van der Waals surface area contributed by atoms with Crippen molar-refractivity contribution in [2.75, 3.05) is 6.54 Å². The monoisotopic (exact) mass is 333 g/mol. The van der Waals surface area contributed by atoms with Gasteiger partial charge in [0, 0.05) is 6.54 Å². The van der Waals surface area contributed by atoms with E-state index in [1.54, 1.807) is 26.8 Å². The highest BCUT2D eigenvalue weighted by atomic mass is 35.5. The number of ether oxygens (including phenoxy) is 1. The molecule has 1 rings (SSSR count). The molecule has 1 atom stereocenters. The van der Waals surface area contributed by atoms with Gasteiger partial charge in [-0.15, -0.1) is 0 Å². The molecule has 0 radical (unpaired) electrons. The van der Waals surface area contributed by atoms with Gasteiger partial charge < -0.3 is 15.2 Å². The molecule has 21 heavy (non-hydrogen) atoms. The van der Waals surface area contributed by atoms with Crippen LogP contribution >= 0.6 is 23.2 Å². The second-order valence-corrected chi connectivity index (χ2v) is 6.26. The summed E-state index contributed by atoms with van der Waals surface area (Å²) in [5.74, 6) is -2.02. The van der Waals surface area contributed by atoms with Gasteiger partial charge in [0.2, 0.25) is 0 Å². The third-order valence-electron chi connectivity index (χ3n) is 2.49. The first-order valence-electron chi connectivity index (χ1n) is 6.25. The highest BCUT2D eigenvalue weighted by Gasteiger charge is 2.23. The Kier molecular flexibility index (Phi) is 5.87. The molecule has 2 N–H and O–H groups in total. The van der Waals surface area contributed by atoms with Gasteiger partial charge in [0.1, 0.15) is 5.60 Å². The van der Waals surface area contributed by atoms with E-state index in [0.717, 1.165) is 0 Å². The summed E-state index contributed by atoms with van der Waals surface area (Å²) in [6, 6.07) is 4.55. The van der Waals surface area contributed by atoms with Gasteiger partial charge in [-0.3, -0.25) is 4.79 Å². The molecule has 0 bridgehead atoms. The molecule has 0 aromatic heterocycles. The fourth-order valence-corrected chi connectivity index (χ4v) is 1.88. The molecule has 0 heterocycles. The Hall–Kier alpha value is -1.46. The molecular weight excluding hydrogens is 317 g/mol. The molecule has 1 aromatic rings. The van der Waals surface area contributed by atoms with Crippen LogP contribution in [0.2, 0.25) is 10.0 Å². The maximum Gasteiger partial charge on any atom is 0.407 e. The van der Waals surface area contributed by atoms with E-state index in [9.17, 15) is 14.7 Å². The van der Waals surface area contributed by atoms with Gasteiger partial charge in [-0.05, 0) is 38.5 Å². The lowest BCUT2D eigenvalue weighted by molar-refractivity contribution is -0.138. The van der Waals surface area contributed by atoms with E-state index in [-0.39, 0.29) is 11.6 Å². The number of benzene rings is 1. The Morgan fingerprint density at radius 2 is 1.90 bits per heavy atom. The van der Waals surface area contributed by atoms with Crippen molar-refractivity contribution >= 4 is 35.3 Å². The minimum Gasteiger partial charge on any atom is -0.481 e. The zero-order valence-electron chi connectivity index (χ0n) is 11.9. The van der Waals surface area contributed by atoms with Crippen LogP contribution in [0.1, 0.15) is 32.3 Å². The third kappa shape index (κ3) is 5.81. The molecule has 0 aliphatic rings. The van der Waals surface area contributed by atoms with Gasteiger partial charge in [-0.1, -0.05) is 29.3 Å². The molecule has 0 aliphatic carbocycles. The lowest BCUT2D eigenvalue weighted by Gasteiger charge is -2.21. The number of carbonyl (C=O) groups excluding carboxylic acids is 1. The Labute approximate surface area is 133 Å². The van der Waals surface area contributed by atoms with Gasteiger partial charge >= 0.3 is 12.1 Å². The molecule has 5 nitrogen and oxygen atoms in total. The molecule has 0 spiro atoms. The van der Waals surface area contributed by atoms with Crippen molar-refractivity contribution in [3.63, 3.8) is 0 Å². The summed E-state index contributed by atoms with van der Waals surface area (Å²) in [5.41, 5.74) is -0.195. The second-order valence-electron chi connectivity index (χ2n) is 5.45. The maximum atomic E-state index is 11.6. The first-order valence-corrected chi connectivity index (χ1v) is 7.00. The predicted octanol–water partition coefficient (Wildman–Crippen LogP) is 3.69. The largest absolute Gasteiger partial charge is 0.481 e. The first kappa shape index (κ1) is 17.6. The zero-order chi connectivity index (χ0) is 16.2. The molecule has 1 amide bonds. The molecule has 0 aliphatic heterocycles. The molecule has 0 saturated heterocycles. The fraction of sp³-hybridized carbons (Fsp3) is 0.429. The average molecular weight is 334 g/mol. The number of carbonyl (C=O) groups is 2. The standard InChI is InChI=1S/C14H17Cl2NO4/c1-14(2,3)21-13(20)17-7-9(12(18)19)8-4-5-10(15)11(16)6-8/h4-6,9H,7H2,1-3H3,(H,17,20)(H,18,19)/t9-/m1/s1. The van der Waals surface area contributed by atoms with Crippen molar-refractivity contribution in [3.8, 4) is 0 Å². The van der Waals surface area contributed by atoms with E-state index >= 15 is 0 Å². The van der Waals surface area contributed by atoms with Crippen LogP contribution in [0, 0.1) is 0 Å². The van der Waals surface area contributed by atoms with Crippen molar-refractivity contribution in [1.29, 1.82) is 0 Å². The number of nitrogens with one attached hydrogen (secondary N) is 1. The summed E-state index contributed by atoms with van der Waals surface area (Å²) in [4.78, 5) is 22.9. The topological polar surface area (TPSA) is 75.6 Å². The maximum absolute atomic E-state index is 11.6. The number of amides is 1. The highest BCUT2D eigenvalue weighted by Crippen LogP contribution is 2.26. The zero-order valence-corrected chi connectivity index (χ0v) is 13.5. The summed E-state index contributed by atoms with van der Waals surface area (Å²) >= 11 is 11.7. The Morgan fingerprint density at radius 3 is 2.38 bits per heavy atom. The molecular formula is C14H17Cl2NO4. The molecule has 0 unspecified atom stereocenters. The van der Waals surface area contributed by atoms with E-state index in [2.05, 4.69) is 5.32 Å². The van der Waals surface area contributed by atoms with Crippen LogP contribution < -0.4 is 5.32 Å². The molecule has 0 saturated carbocycles. The summed E-state index contributed by atoms with van der Waals surface area (Å²) in [7, 11) is 0. The van der Waals surface area contributed by atoms with Crippen molar-refractivity contribution in [1.82, 2.24) is 5.32 Å². The Bertz CT molecular complexity index is 540. The number of hydrogen-bond donors (Lipinski definition) is 2. The van der Waals surface area contributed by atoms with Crippen LogP contribution in [0.25, 0.3) is 0 Å². The first-order chi connectivity index (χ1) is 9.60. The van der Waals surface area contributed by atoms with Crippen molar-refractivity contribution in [2.24, 2.45) is 0 Å². The average Bonchev–Trinajstić information content (AvgIpc) is 2.31. The molecule has 0 fully saturated rings. The SMILES string of the molecule is CC(C)(C)OC(=O)NC[C@@H](C(=O)O)c1ccc(Cl)c(Cl)c1. The van der Waals surface area contributed by atoms with E-state index in [1.807, 2.05) is 0 Å². The lowest BCUT2D eigenvalue weighted by atomic mass is 9.99. The summed E-state index contributed by atoms with van der Waals surface area (Å²) in [5, 5.41) is 12.3. The van der Waals surface area contributed by atoms with E-state index in [0.29, 0.717) is 10.6 Å². The normalized spacial score (nSPS) is 12.6. The van der Waals surface area contributed by atoms with Gasteiger partial charge in [-0.2, -0.15) is 0 Å². The number of halogens is 2. The van der Waals surface area contributed by atoms with E-state index in [4.69, 9.17) is 27.9 Å². The smallest absolute Gasteiger partial charge is 0.407 e. The van der Waals surface area contributed by atoms with Crippen molar-refractivity contribution < 1.29 is 19.4 Å². The van der Waals surface area contributed by atoms with Crippen LogP contribution in [0.3, 0.4) is 0 Å². The Morgan fingerprint density at radius 1 is 1.29 bits per heavy atom. The van der Waals surface area contributed by atoms with Gasteiger partial charge in [0.15, 0.2) is 0 Å². The Balaban J connectivity index is 2.77. The number of hydrogen-bond acceptors (Lipinski definition) is 3. The molecule has 7 heteroatoms. The van der Waals surface area contributed by atoms with Crippen molar-refractivity contribution in [3.05, 3.63) is 33.8 Å². The second kappa shape index (κ2) is 7.00. The number of rotatable bonds is 4. The number of alkyl carbamates (subject to hydrolysis) is 1. The number of carboxylic acids is 1. The van der Waals surface area contributed by atoms with Crippen molar-refractivity contribution in [2.45, 2.75) is 32.3 Å². The summed E-state index contributed by atoms with van der Waals surface area (Å²) in [6.45, 7) is 5.06.